The molecule has 0 saturated carbocycles. The molecule has 1 fully saturated rings. The van der Waals surface area contributed by atoms with Gasteiger partial charge in [-0.2, -0.15) is 0 Å². The van der Waals surface area contributed by atoms with Gasteiger partial charge < -0.3 is 9.84 Å². The standard InChI is InChI=1S/C7H14O2/c1-5-3-6(2)9-4-7(5)8/h5-8H,3-4H2,1-2H3/t5-,6-,7-/m0/s1. The molecule has 0 aromatic carbocycles. The van der Waals surface area contributed by atoms with Crippen molar-refractivity contribution in [1.82, 2.24) is 0 Å². The molecule has 1 aliphatic rings. The number of hydrogen-bond acceptors (Lipinski definition) is 2. The van der Waals surface area contributed by atoms with E-state index in [-0.39, 0.29) is 6.10 Å². The van der Waals surface area contributed by atoms with Crippen molar-refractivity contribution in [1.29, 1.82) is 0 Å². The Balaban J connectivity index is 2.35. The third-order valence-corrected chi connectivity index (χ3v) is 1.91. The van der Waals surface area contributed by atoms with E-state index in [2.05, 4.69) is 6.92 Å². The molecule has 2 nitrogen and oxygen atoms in total. The van der Waals surface area contributed by atoms with E-state index in [0.717, 1.165) is 6.42 Å². The van der Waals surface area contributed by atoms with Crippen molar-refractivity contribution in [2.24, 2.45) is 5.92 Å². The molecular formula is C7H14O2. The molecule has 0 bridgehead atoms. The molecule has 0 aromatic heterocycles. The average Bonchev–Trinajstić information content (AvgIpc) is 1.80. The minimum Gasteiger partial charge on any atom is -0.390 e. The van der Waals surface area contributed by atoms with Gasteiger partial charge in [0.2, 0.25) is 0 Å². The minimum absolute atomic E-state index is 0.235. The van der Waals surface area contributed by atoms with Gasteiger partial charge >= 0.3 is 0 Å². The van der Waals surface area contributed by atoms with Gasteiger partial charge in [-0.15, -0.1) is 0 Å². The molecule has 0 aromatic rings. The van der Waals surface area contributed by atoms with E-state index in [9.17, 15) is 5.11 Å². The number of hydrogen-bond donors (Lipinski definition) is 1. The molecular weight excluding hydrogens is 116 g/mol. The summed E-state index contributed by atoms with van der Waals surface area (Å²) < 4.78 is 5.21. The minimum atomic E-state index is -0.235. The summed E-state index contributed by atoms with van der Waals surface area (Å²) >= 11 is 0. The second-order valence-corrected chi connectivity index (χ2v) is 2.92. The molecule has 0 radical (unpaired) electrons. The van der Waals surface area contributed by atoms with Gasteiger partial charge in [-0.05, 0) is 19.3 Å². The molecule has 2 heteroatoms. The SMILES string of the molecule is C[C@H]1C[C@H](C)[C@@H](O)CO1. The quantitative estimate of drug-likeness (QED) is 0.525. The second kappa shape index (κ2) is 2.67. The lowest BCUT2D eigenvalue weighted by Crippen LogP contribution is -2.34. The van der Waals surface area contributed by atoms with Crippen molar-refractivity contribution < 1.29 is 9.84 Å². The number of aliphatic hydroxyl groups is 1. The van der Waals surface area contributed by atoms with E-state index in [1.807, 2.05) is 6.92 Å². The second-order valence-electron chi connectivity index (χ2n) is 2.92. The van der Waals surface area contributed by atoms with E-state index < -0.39 is 0 Å². The highest BCUT2D eigenvalue weighted by Gasteiger charge is 2.23. The molecule has 1 aliphatic heterocycles. The molecule has 0 unspecified atom stereocenters. The Bertz CT molecular complexity index is 92.9. The van der Waals surface area contributed by atoms with Crippen LogP contribution in [0.2, 0.25) is 0 Å². The normalized spacial score (nSPS) is 45.0. The van der Waals surface area contributed by atoms with Crippen LogP contribution >= 0.6 is 0 Å². The van der Waals surface area contributed by atoms with Crippen molar-refractivity contribution >= 4 is 0 Å². The molecule has 0 aliphatic carbocycles. The molecule has 1 heterocycles. The lowest BCUT2D eigenvalue weighted by molar-refractivity contribution is -0.0762. The van der Waals surface area contributed by atoms with Crippen LogP contribution in [0.5, 0.6) is 0 Å². The highest BCUT2D eigenvalue weighted by atomic mass is 16.5. The van der Waals surface area contributed by atoms with Gasteiger partial charge in [0.1, 0.15) is 0 Å². The summed E-state index contributed by atoms with van der Waals surface area (Å²) in [6, 6.07) is 0. The summed E-state index contributed by atoms with van der Waals surface area (Å²) in [5.41, 5.74) is 0. The molecule has 1 saturated heterocycles. The molecule has 1 N–H and O–H groups in total. The Morgan fingerprint density at radius 1 is 1.44 bits per heavy atom. The Kier molecular flexibility index (Phi) is 2.09. The van der Waals surface area contributed by atoms with Gasteiger partial charge in [-0.3, -0.25) is 0 Å². The largest absolute Gasteiger partial charge is 0.390 e. The third kappa shape index (κ3) is 1.66. The van der Waals surface area contributed by atoms with E-state index in [1.165, 1.54) is 0 Å². The van der Waals surface area contributed by atoms with Crippen molar-refractivity contribution in [3.05, 3.63) is 0 Å². The lowest BCUT2D eigenvalue weighted by atomic mass is 9.96. The van der Waals surface area contributed by atoms with Crippen molar-refractivity contribution in [2.75, 3.05) is 6.61 Å². The van der Waals surface area contributed by atoms with Gasteiger partial charge in [0, 0.05) is 0 Å². The fourth-order valence-corrected chi connectivity index (χ4v) is 1.18. The van der Waals surface area contributed by atoms with Crippen molar-refractivity contribution in [3.8, 4) is 0 Å². The predicted octanol–water partition coefficient (Wildman–Crippen LogP) is 0.792. The number of rotatable bonds is 0. The van der Waals surface area contributed by atoms with Crippen LogP contribution in [-0.2, 0) is 4.74 Å². The molecule has 54 valence electrons. The maximum absolute atomic E-state index is 9.17. The summed E-state index contributed by atoms with van der Waals surface area (Å²) in [4.78, 5) is 0. The lowest BCUT2D eigenvalue weighted by Gasteiger charge is -2.28. The first-order valence-corrected chi connectivity index (χ1v) is 3.50. The van der Waals surface area contributed by atoms with E-state index in [1.54, 1.807) is 0 Å². The zero-order valence-electron chi connectivity index (χ0n) is 6.00. The van der Waals surface area contributed by atoms with Crippen molar-refractivity contribution in [2.45, 2.75) is 32.5 Å². The monoisotopic (exact) mass is 130 g/mol. The average molecular weight is 130 g/mol. The Labute approximate surface area is 55.8 Å². The fourth-order valence-electron chi connectivity index (χ4n) is 1.18. The maximum Gasteiger partial charge on any atom is 0.0800 e. The van der Waals surface area contributed by atoms with Gasteiger partial charge in [-0.25, -0.2) is 0 Å². The van der Waals surface area contributed by atoms with Crippen LogP contribution in [0.3, 0.4) is 0 Å². The predicted molar refractivity (Wildman–Crippen MR) is 35.2 cm³/mol. The Morgan fingerprint density at radius 2 is 2.11 bits per heavy atom. The molecule has 1 rings (SSSR count). The van der Waals surface area contributed by atoms with Crippen LogP contribution in [0.25, 0.3) is 0 Å². The van der Waals surface area contributed by atoms with E-state index >= 15 is 0 Å². The van der Waals surface area contributed by atoms with Crippen LogP contribution < -0.4 is 0 Å². The zero-order chi connectivity index (χ0) is 6.85. The molecule has 9 heavy (non-hydrogen) atoms. The van der Waals surface area contributed by atoms with E-state index in [4.69, 9.17) is 4.74 Å². The maximum atomic E-state index is 9.17. The van der Waals surface area contributed by atoms with Crippen LogP contribution in [0.4, 0.5) is 0 Å². The first-order chi connectivity index (χ1) is 4.20. The van der Waals surface area contributed by atoms with Crippen LogP contribution in [0.15, 0.2) is 0 Å². The van der Waals surface area contributed by atoms with Crippen molar-refractivity contribution in [3.63, 3.8) is 0 Å². The van der Waals surface area contributed by atoms with Gasteiger partial charge in [0.15, 0.2) is 0 Å². The first kappa shape index (κ1) is 7.03. The summed E-state index contributed by atoms with van der Waals surface area (Å²) in [5.74, 6) is 0.411. The summed E-state index contributed by atoms with van der Waals surface area (Å²) in [7, 11) is 0. The van der Waals surface area contributed by atoms with Crippen LogP contribution in [0, 0.1) is 5.92 Å². The highest BCUT2D eigenvalue weighted by Crippen LogP contribution is 2.18. The topological polar surface area (TPSA) is 29.5 Å². The van der Waals surface area contributed by atoms with E-state index in [0.29, 0.717) is 18.6 Å². The fraction of sp³-hybridized carbons (Fsp3) is 1.00. The van der Waals surface area contributed by atoms with Crippen LogP contribution in [0.1, 0.15) is 20.3 Å². The van der Waals surface area contributed by atoms with Gasteiger partial charge in [-0.1, -0.05) is 6.92 Å². The first-order valence-electron chi connectivity index (χ1n) is 3.50. The molecule has 0 spiro atoms. The Morgan fingerprint density at radius 3 is 2.56 bits per heavy atom. The van der Waals surface area contributed by atoms with Crippen LogP contribution in [-0.4, -0.2) is 23.9 Å². The Hall–Kier alpha value is -0.0800. The summed E-state index contributed by atoms with van der Waals surface area (Å²) in [6.07, 6.45) is 1.09. The number of ether oxygens (including phenoxy) is 1. The highest BCUT2D eigenvalue weighted by molar-refractivity contribution is 4.72. The zero-order valence-corrected chi connectivity index (χ0v) is 6.00. The smallest absolute Gasteiger partial charge is 0.0800 e. The third-order valence-electron chi connectivity index (χ3n) is 1.91. The molecule has 3 atom stereocenters. The van der Waals surface area contributed by atoms with Gasteiger partial charge in [0.05, 0.1) is 18.8 Å². The summed E-state index contributed by atoms with van der Waals surface area (Å²) in [6.45, 7) is 4.62. The van der Waals surface area contributed by atoms with Gasteiger partial charge in [0.25, 0.3) is 0 Å². The molecule has 0 amide bonds. The summed E-state index contributed by atoms with van der Waals surface area (Å²) in [5, 5.41) is 9.17. The number of aliphatic hydroxyl groups excluding tert-OH is 1.